The van der Waals surface area contributed by atoms with Gasteiger partial charge in [-0.25, -0.2) is 0 Å². The van der Waals surface area contributed by atoms with Crippen LogP contribution in [0.5, 0.6) is 5.75 Å². The van der Waals surface area contributed by atoms with Gasteiger partial charge in [0, 0.05) is 30.4 Å². The largest absolute Gasteiger partial charge is 0.506 e. The Morgan fingerprint density at radius 3 is 2.64 bits per heavy atom. The van der Waals surface area contributed by atoms with E-state index in [1.54, 1.807) is 6.92 Å². The van der Waals surface area contributed by atoms with E-state index in [1.165, 1.54) is 6.20 Å². The summed E-state index contributed by atoms with van der Waals surface area (Å²) in [6.07, 6.45) is 1.03. The molecule has 0 aliphatic carbocycles. The number of aliphatic carboxylic acids is 1. The van der Waals surface area contributed by atoms with Crippen LogP contribution in [0.2, 0.25) is 0 Å². The number of piperidine rings is 1. The van der Waals surface area contributed by atoms with E-state index < -0.39 is 17.5 Å². The van der Waals surface area contributed by atoms with Crippen LogP contribution in [0.4, 0.5) is 0 Å². The average Bonchev–Trinajstić information content (AvgIpc) is 2.68. The third-order valence-corrected chi connectivity index (χ3v) is 5.71. The molecule has 3 rings (SSSR count). The summed E-state index contributed by atoms with van der Waals surface area (Å²) in [5.41, 5.74) is 1.19. The van der Waals surface area contributed by atoms with E-state index in [0.717, 1.165) is 5.56 Å². The van der Waals surface area contributed by atoms with Crippen molar-refractivity contribution in [2.45, 2.75) is 39.0 Å². The summed E-state index contributed by atoms with van der Waals surface area (Å²) in [6, 6.07) is 9.33. The van der Waals surface area contributed by atoms with Crippen LogP contribution in [-0.2, 0) is 24.4 Å². The second-order valence-corrected chi connectivity index (χ2v) is 7.48. The summed E-state index contributed by atoms with van der Waals surface area (Å²) in [4.78, 5) is 18.1. The lowest BCUT2D eigenvalue weighted by molar-refractivity contribution is -0.163. The van der Waals surface area contributed by atoms with Crippen molar-refractivity contribution in [3.8, 4) is 5.75 Å². The maximum absolute atomic E-state index is 12.1. The number of β-amino-alcohol motifs (C(OH)–C–C–N with tert-alkyl or cyclic N) is 1. The fourth-order valence-corrected chi connectivity index (χ4v) is 3.89. The summed E-state index contributed by atoms with van der Waals surface area (Å²) in [7, 11) is 0. The van der Waals surface area contributed by atoms with Crippen molar-refractivity contribution in [1.29, 1.82) is 0 Å². The highest BCUT2D eigenvalue weighted by atomic mass is 16.4. The highest BCUT2D eigenvalue weighted by Gasteiger charge is 2.48. The zero-order valence-electron chi connectivity index (χ0n) is 15.9. The van der Waals surface area contributed by atoms with Crippen LogP contribution in [-0.4, -0.2) is 55.5 Å². The van der Waals surface area contributed by atoms with Gasteiger partial charge >= 0.3 is 5.97 Å². The first-order valence-corrected chi connectivity index (χ1v) is 9.32. The van der Waals surface area contributed by atoms with E-state index in [1.807, 2.05) is 35.2 Å². The molecule has 2 heterocycles. The predicted molar refractivity (Wildman–Crippen MR) is 103 cm³/mol. The molecule has 4 N–H and O–H groups in total. The van der Waals surface area contributed by atoms with Crippen LogP contribution in [0.25, 0.3) is 0 Å². The standard InChI is InChI=1S/C21H26N2O5/c1-14-19(26)17(16(13-24)10-22-14)11-23-8-7-21(20(27)28,18(25)12-23)9-15-5-3-2-4-6-15/h2-6,10,18,24-26H,7-9,11-13H2,1H3,(H,27,28)/t18-,21+/m0/s1. The molecule has 0 radical (unpaired) electrons. The lowest BCUT2D eigenvalue weighted by atomic mass is 9.71. The second kappa shape index (κ2) is 8.26. The number of aromatic hydroxyl groups is 1. The fraction of sp³-hybridized carbons (Fsp3) is 0.429. The van der Waals surface area contributed by atoms with Crippen molar-refractivity contribution in [1.82, 2.24) is 9.88 Å². The molecule has 1 aliphatic rings. The number of aromatic nitrogens is 1. The van der Waals surface area contributed by atoms with E-state index in [2.05, 4.69) is 4.98 Å². The van der Waals surface area contributed by atoms with Crippen molar-refractivity contribution in [3.63, 3.8) is 0 Å². The minimum atomic E-state index is -1.24. The monoisotopic (exact) mass is 386 g/mol. The molecule has 1 aromatic carbocycles. The number of aliphatic hydroxyl groups excluding tert-OH is 2. The maximum Gasteiger partial charge on any atom is 0.312 e. The van der Waals surface area contributed by atoms with Crippen LogP contribution in [0.3, 0.4) is 0 Å². The Bertz CT molecular complexity index is 842. The summed E-state index contributed by atoms with van der Waals surface area (Å²) in [6.45, 7) is 2.37. The molecule has 7 nitrogen and oxygen atoms in total. The van der Waals surface area contributed by atoms with E-state index in [9.17, 15) is 25.2 Å². The number of carboxylic acids is 1. The summed E-state index contributed by atoms with van der Waals surface area (Å²) in [5, 5.41) is 40.6. The SMILES string of the molecule is Cc1ncc(CO)c(CN2CC[C@](Cc3ccccc3)(C(=O)O)[C@@H](O)C2)c1O. The van der Waals surface area contributed by atoms with Gasteiger partial charge < -0.3 is 20.4 Å². The van der Waals surface area contributed by atoms with Crippen molar-refractivity contribution in [2.24, 2.45) is 5.41 Å². The first-order chi connectivity index (χ1) is 13.4. The molecule has 1 aliphatic heterocycles. The molecule has 1 aromatic heterocycles. The number of pyridine rings is 1. The Hall–Kier alpha value is -2.48. The van der Waals surface area contributed by atoms with E-state index in [0.29, 0.717) is 29.9 Å². The van der Waals surface area contributed by atoms with Crippen LogP contribution in [0, 0.1) is 12.3 Å². The summed E-state index contributed by atoms with van der Waals surface area (Å²) in [5.74, 6) is -0.970. The van der Waals surface area contributed by atoms with Crippen molar-refractivity contribution in [3.05, 3.63) is 58.9 Å². The smallest absolute Gasteiger partial charge is 0.312 e. The third-order valence-electron chi connectivity index (χ3n) is 5.71. The zero-order chi connectivity index (χ0) is 20.3. The van der Waals surface area contributed by atoms with Gasteiger partial charge in [0.2, 0.25) is 0 Å². The number of hydrogen-bond donors (Lipinski definition) is 4. The number of aliphatic hydroxyl groups is 2. The van der Waals surface area contributed by atoms with Gasteiger partial charge in [-0.05, 0) is 31.9 Å². The number of aryl methyl sites for hydroxylation is 1. The molecule has 2 atom stereocenters. The Morgan fingerprint density at radius 2 is 2.04 bits per heavy atom. The minimum absolute atomic E-state index is 0.0281. The predicted octanol–water partition coefficient (Wildman–Crippen LogP) is 1.47. The van der Waals surface area contributed by atoms with Gasteiger partial charge in [-0.15, -0.1) is 0 Å². The Labute approximate surface area is 163 Å². The molecule has 0 bridgehead atoms. The second-order valence-electron chi connectivity index (χ2n) is 7.48. The number of nitrogens with zero attached hydrogens (tertiary/aromatic N) is 2. The van der Waals surface area contributed by atoms with Crippen LogP contribution < -0.4 is 0 Å². The number of hydrogen-bond acceptors (Lipinski definition) is 6. The van der Waals surface area contributed by atoms with Crippen LogP contribution in [0.1, 0.15) is 28.8 Å². The topological polar surface area (TPSA) is 114 Å². The van der Waals surface area contributed by atoms with Gasteiger partial charge in [0.05, 0.1) is 18.4 Å². The third kappa shape index (κ3) is 3.87. The molecule has 0 unspecified atom stereocenters. The molecule has 150 valence electrons. The first-order valence-electron chi connectivity index (χ1n) is 9.32. The highest BCUT2D eigenvalue weighted by molar-refractivity contribution is 5.76. The van der Waals surface area contributed by atoms with Crippen molar-refractivity contribution in [2.75, 3.05) is 13.1 Å². The summed E-state index contributed by atoms with van der Waals surface area (Å²) < 4.78 is 0. The summed E-state index contributed by atoms with van der Waals surface area (Å²) >= 11 is 0. The number of rotatable bonds is 6. The Balaban J connectivity index is 1.79. The normalized spacial score (nSPS) is 22.9. The number of carbonyl (C=O) groups is 1. The first kappa shape index (κ1) is 20.3. The molecule has 0 spiro atoms. The zero-order valence-corrected chi connectivity index (χ0v) is 15.9. The minimum Gasteiger partial charge on any atom is -0.506 e. The van der Waals surface area contributed by atoms with E-state index in [-0.39, 0.29) is 31.7 Å². The van der Waals surface area contributed by atoms with Gasteiger partial charge in [-0.3, -0.25) is 14.7 Å². The quantitative estimate of drug-likeness (QED) is 0.594. The maximum atomic E-state index is 12.1. The fourth-order valence-electron chi connectivity index (χ4n) is 3.89. The lowest BCUT2D eigenvalue weighted by Crippen LogP contribution is -2.55. The molecule has 1 fully saturated rings. The molecule has 1 saturated heterocycles. The Kier molecular flexibility index (Phi) is 5.98. The van der Waals surface area contributed by atoms with Gasteiger partial charge in [-0.2, -0.15) is 0 Å². The number of benzene rings is 1. The molecule has 2 aromatic rings. The highest BCUT2D eigenvalue weighted by Crippen LogP contribution is 2.37. The van der Waals surface area contributed by atoms with Crippen LogP contribution in [0.15, 0.2) is 36.5 Å². The van der Waals surface area contributed by atoms with Gasteiger partial charge in [0.1, 0.15) is 11.2 Å². The van der Waals surface area contributed by atoms with E-state index in [4.69, 9.17) is 0 Å². The van der Waals surface area contributed by atoms with Crippen LogP contribution >= 0.6 is 0 Å². The van der Waals surface area contributed by atoms with Gasteiger partial charge in [0.15, 0.2) is 0 Å². The molecule has 0 amide bonds. The van der Waals surface area contributed by atoms with Gasteiger partial charge in [0.25, 0.3) is 0 Å². The average molecular weight is 386 g/mol. The molecule has 28 heavy (non-hydrogen) atoms. The van der Waals surface area contributed by atoms with E-state index >= 15 is 0 Å². The number of carboxylic acid groups (broad SMARTS) is 1. The van der Waals surface area contributed by atoms with Crippen molar-refractivity contribution < 1.29 is 25.2 Å². The molecule has 0 saturated carbocycles. The number of likely N-dealkylation sites (tertiary alicyclic amines) is 1. The molecule has 7 heteroatoms. The van der Waals surface area contributed by atoms with Gasteiger partial charge in [-0.1, -0.05) is 30.3 Å². The molecular weight excluding hydrogens is 360 g/mol. The Morgan fingerprint density at radius 1 is 1.32 bits per heavy atom. The lowest BCUT2D eigenvalue weighted by Gasteiger charge is -2.43. The molecular formula is C21H26N2O5. The van der Waals surface area contributed by atoms with Crippen molar-refractivity contribution >= 4 is 5.97 Å².